The van der Waals surface area contributed by atoms with Gasteiger partial charge in [-0.1, -0.05) is 35.5 Å². The van der Waals surface area contributed by atoms with Gasteiger partial charge in [-0.2, -0.15) is 0 Å². The number of nitrogen functional groups attached to an aromatic ring is 1. The molecular formula is C24H22N6O. The lowest BCUT2D eigenvalue weighted by atomic mass is 10.0. The molecule has 5 rings (SSSR count). The summed E-state index contributed by atoms with van der Waals surface area (Å²) in [5, 5.41) is 4.10. The molecule has 0 bridgehead atoms. The smallest absolute Gasteiger partial charge is 0.219 e. The first kappa shape index (κ1) is 19.0. The zero-order valence-electron chi connectivity index (χ0n) is 17.6. The van der Waals surface area contributed by atoms with Crippen LogP contribution in [0.2, 0.25) is 0 Å². The van der Waals surface area contributed by atoms with Crippen LogP contribution in [0.25, 0.3) is 33.3 Å². The molecule has 0 fully saturated rings. The second-order valence-electron chi connectivity index (χ2n) is 7.66. The van der Waals surface area contributed by atoms with E-state index in [4.69, 9.17) is 15.2 Å². The zero-order valence-corrected chi connectivity index (χ0v) is 17.6. The third-order valence-corrected chi connectivity index (χ3v) is 5.67. The van der Waals surface area contributed by atoms with Crippen LogP contribution >= 0.6 is 0 Å². The van der Waals surface area contributed by atoms with E-state index in [-0.39, 0.29) is 12.0 Å². The minimum Gasteiger partial charge on any atom is -0.368 e. The number of anilines is 1. The van der Waals surface area contributed by atoms with Crippen molar-refractivity contribution in [1.29, 1.82) is 0 Å². The van der Waals surface area contributed by atoms with Gasteiger partial charge in [-0.25, -0.2) is 9.97 Å². The maximum Gasteiger partial charge on any atom is 0.219 e. The molecule has 0 saturated heterocycles. The summed E-state index contributed by atoms with van der Waals surface area (Å²) >= 11 is 0. The van der Waals surface area contributed by atoms with Gasteiger partial charge in [0.25, 0.3) is 0 Å². The van der Waals surface area contributed by atoms with Crippen molar-refractivity contribution >= 4 is 17.0 Å². The van der Waals surface area contributed by atoms with Crippen LogP contribution in [-0.4, -0.2) is 24.7 Å². The molecule has 0 aliphatic carbocycles. The van der Waals surface area contributed by atoms with Crippen LogP contribution < -0.4 is 5.73 Å². The van der Waals surface area contributed by atoms with Gasteiger partial charge in [0.05, 0.1) is 22.8 Å². The van der Waals surface area contributed by atoms with Gasteiger partial charge in [0.1, 0.15) is 5.76 Å². The van der Waals surface area contributed by atoms with E-state index in [0.717, 1.165) is 44.7 Å². The number of aryl methyl sites for hydroxylation is 2. The van der Waals surface area contributed by atoms with E-state index in [2.05, 4.69) is 63.1 Å². The largest absolute Gasteiger partial charge is 0.368 e. The summed E-state index contributed by atoms with van der Waals surface area (Å²) in [6.45, 7) is 6.04. The maximum atomic E-state index is 5.69. The van der Waals surface area contributed by atoms with Crippen molar-refractivity contribution in [2.45, 2.75) is 26.8 Å². The minimum absolute atomic E-state index is 0.105. The number of benzene rings is 1. The van der Waals surface area contributed by atoms with Gasteiger partial charge in [0.15, 0.2) is 0 Å². The average molecular weight is 410 g/mol. The number of fused-ring (bicyclic) bond motifs is 1. The van der Waals surface area contributed by atoms with Crippen LogP contribution in [0.1, 0.15) is 30.0 Å². The first-order valence-electron chi connectivity index (χ1n) is 10.1. The fourth-order valence-corrected chi connectivity index (χ4v) is 4.06. The molecule has 0 aliphatic heterocycles. The van der Waals surface area contributed by atoms with Crippen molar-refractivity contribution in [3.63, 3.8) is 0 Å². The first-order chi connectivity index (χ1) is 15.0. The number of nitrogens with two attached hydrogens (primary N) is 1. The monoisotopic (exact) mass is 410 g/mol. The lowest BCUT2D eigenvalue weighted by Crippen LogP contribution is -2.05. The molecule has 4 aromatic heterocycles. The van der Waals surface area contributed by atoms with Crippen LogP contribution in [-0.2, 0) is 0 Å². The summed E-state index contributed by atoms with van der Waals surface area (Å²) in [5.41, 5.74) is 13.4. The highest BCUT2D eigenvalue weighted by Crippen LogP contribution is 2.36. The highest BCUT2D eigenvalue weighted by molar-refractivity contribution is 5.95. The lowest BCUT2D eigenvalue weighted by molar-refractivity contribution is 0.393. The van der Waals surface area contributed by atoms with Crippen LogP contribution in [0.15, 0.2) is 65.7 Å². The summed E-state index contributed by atoms with van der Waals surface area (Å²) in [6, 6.07) is 12.7. The molecule has 0 saturated carbocycles. The topological polar surface area (TPSA) is 95.7 Å². The summed E-state index contributed by atoms with van der Waals surface area (Å²) < 4.78 is 7.62. The number of rotatable bonds is 4. The highest BCUT2D eigenvalue weighted by Gasteiger charge is 2.20. The molecule has 1 aromatic carbocycles. The summed E-state index contributed by atoms with van der Waals surface area (Å²) in [4.78, 5) is 13.2. The molecule has 0 aliphatic rings. The average Bonchev–Trinajstić information content (AvgIpc) is 3.33. The lowest BCUT2D eigenvalue weighted by Gasteiger charge is -2.16. The van der Waals surface area contributed by atoms with Gasteiger partial charge >= 0.3 is 0 Å². The van der Waals surface area contributed by atoms with Gasteiger partial charge in [-0.15, -0.1) is 0 Å². The van der Waals surface area contributed by atoms with E-state index >= 15 is 0 Å². The number of hydrogen-bond acceptors (Lipinski definition) is 6. The molecule has 1 atom stereocenters. The molecule has 0 radical (unpaired) electrons. The molecule has 7 nitrogen and oxygen atoms in total. The Kier molecular flexibility index (Phi) is 4.51. The minimum atomic E-state index is 0.105. The van der Waals surface area contributed by atoms with E-state index in [1.54, 1.807) is 12.4 Å². The Balaban J connectivity index is 1.75. The van der Waals surface area contributed by atoms with Crippen molar-refractivity contribution in [1.82, 2.24) is 24.7 Å². The Morgan fingerprint density at radius 2 is 1.68 bits per heavy atom. The number of aromatic nitrogens is 5. The molecule has 4 heterocycles. The van der Waals surface area contributed by atoms with E-state index in [1.165, 1.54) is 5.56 Å². The molecular weight excluding hydrogens is 388 g/mol. The molecule has 2 N–H and O–H groups in total. The van der Waals surface area contributed by atoms with Crippen LogP contribution in [0.3, 0.4) is 0 Å². The predicted molar refractivity (Wildman–Crippen MR) is 120 cm³/mol. The molecule has 7 heteroatoms. The Labute approximate surface area is 179 Å². The van der Waals surface area contributed by atoms with Crippen LogP contribution in [0, 0.1) is 13.8 Å². The second-order valence-corrected chi connectivity index (χ2v) is 7.66. The predicted octanol–water partition coefficient (Wildman–Crippen LogP) is 4.96. The van der Waals surface area contributed by atoms with Gasteiger partial charge in [0.2, 0.25) is 5.95 Å². The Bertz CT molecular complexity index is 1350. The summed E-state index contributed by atoms with van der Waals surface area (Å²) in [5.74, 6) is 1.03. The summed E-state index contributed by atoms with van der Waals surface area (Å²) in [6.07, 6.45) is 7.45. The van der Waals surface area contributed by atoms with Crippen molar-refractivity contribution in [2.75, 3.05) is 5.73 Å². The molecule has 0 spiro atoms. The van der Waals surface area contributed by atoms with Crippen LogP contribution in [0.5, 0.6) is 0 Å². The van der Waals surface area contributed by atoms with Crippen molar-refractivity contribution in [3.05, 3.63) is 78.2 Å². The molecule has 1 unspecified atom stereocenters. The van der Waals surface area contributed by atoms with Crippen molar-refractivity contribution in [3.8, 4) is 22.3 Å². The maximum absolute atomic E-state index is 5.69. The Morgan fingerprint density at radius 3 is 2.35 bits per heavy atom. The van der Waals surface area contributed by atoms with Crippen molar-refractivity contribution in [2.24, 2.45) is 0 Å². The van der Waals surface area contributed by atoms with Gasteiger partial charge in [-0.3, -0.25) is 4.98 Å². The van der Waals surface area contributed by atoms with Crippen molar-refractivity contribution < 1.29 is 4.52 Å². The quantitative estimate of drug-likeness (QED) is 0.450. The fraction of sp³-hybridized carbons (Fsp3) is 0.167. The van der Waals surface area contributed by atoms with E-state index < -0.39 is 0 Å². The molecule has 5 aromatic rings. The third-order valence-electron chi connectivity index (χ3n) is 5.67. The third kappa shape index (κ3) is 3.24. The standard InChI is InChI=1S/C24H22N6O/c1-14-22(16(3)31-29-14)18-9-21-23(26-10-18)20(19-11-27-24(25)28-12-19)13-30(21)15(2)17-7-5-4-6-8-17/h4-13,15H,1-3H3,(H2,25,27,28). The fourth-order valence-electron chi connectivity index (χ4n) is 4.06. The normalized spacial score (nSPS) is 12.4. The molecule has 31 heavy (non-hydrogen) atoms. The summed E-state index contributed by atoms with van der Waals surface area (Å²) in [7, 11) is 0. The highest BCUT2D eigenvalue weighted by atomic mass is 16.5. The second kappa shape index (κ2) is 7.36. The number of nitrogens with zero attached hydrogens (tertiary/aromatic N) is 5. The molecule has 154 valence electrons. The van der Waals surface area contributed by atoms with Gasteiger partial charge in [-0.05, 0) is 32.4 Å². The number of hydrogen-bond donors (Lipinski definition) is 1. The van der Waals surface area contributed by atoms with Crippen LogP contribution in [0.4, 0.5) is 5.95 Å². The SMILES string of the molecule is Cc1noc(C)c1-c1cnc2c(-c3cnc(N)nc3)cn(C(C)c3ccccc3)c2c1. The van der Waals surface area contributed by atoms with E-state index in [0.29, 0.717) is 0 Å². The van der Waals surface area contributed by atoms with E-state index in [1.807, 2.05) is 26.1 Å². The van der Waals surface area contributed by atoms with Gasteiger partial charge in [0, 0.05) is 47.0 Å². The Morgan fingerprint density at radius 1 is 0.968 bits per heavy atom. The Hall–Kier alpha value is -4.00. The first-order valence-corrected chi connectivity index (χ1v) is 10.1. The van der Waals surface area contributed by atoms with E-state index in [9.17, 15) is 0 Å². The van der Waals surface area contributed by atoms with Gasteiger partial charge < -0.3 is 14.8 Å². The number of pyridine rings is 1. The molecule has 0 amide bonds. The zero-order chi connectivity index (χ0) is 21.5.